The molecule has 2 nitrogen and oxygen atoms in total. The fourth-order valence-corrected chi connectivity index (χ4v) is 1.00. The third kappa shape index (κ3) is 2.36. The molecule has 0 amide bonds. The maximum absolute atomic E-state index is 12.6. The normalized spacial score (nSPS) is 9.92. The van der Waals surface area contributed by atoms with Crippen molar-refractivity contribution in [3.8, 4) is 0 Å². The van der Waals surface area contributed by atoms with Gasteiger partial charge in [0.2, 0.25) is 0 Å². The monoisotopic (exact) mass is 188 g/mol. The molecule has 1 rings (SSSR count). The molecule has 0 heterocycles. The van der Waals surface area contributed by atoms with Crippen LogP contribution in [0.4, 0.5) is 10.1 Å². The van der Waals surface area contributed by atoms with Crippen molar-refractivity contribution in [3.63, 3.8) is 0 Å². The smallest absolute Gasteiger partial charge is 0.141 e. The largest absolute Gasteiger partial charge is 0.384 e. The van der Waals surface area contributed by atoms with E-state index in [2.05, 4.69) is 5.32 Å². The van der Waals surface area contributed by atoms with Crippen LogP contribution in [0.2, 0.25) is 5.02 Å². The van der Waals surface area contributed by atoms with Crippen LogP contribution in [-0.2, 0) is 0 Å². The predicted octanol–water partition coefficient (Wildman–Crippen LogP) is 1.85. The van der Waals surface area contributed by atoms with Crippen molar-refractivity contribution < 1.29 is 4.39 Å². The summed E-state index contributed by atoms with van der Waals surface area (Å²) in [6.45, 7) is 1.19. The average Bonchev–Trinajstić information content (AvgIpc) is 2.07. The quantitative estimate of drug-likeness (QED) is 0.760. The molecule has 4 heteroatoms. The molecule has 0 aliphatic heterocycles. The Kier molecular flexibility index (Phi) is 3.31. The maximum atomic E-state index is 12.6. The Labute approximate surface area is 75.5 Å². The Hall–Kier alpha value is -0.800. The first-order valence-electron chi connectivity index (χ1n) is 3.63. The number of rotatable bonds is 3. The molecule has 0 aliphatic carbocycles. The van der Waals surface area contributed by atoms with Gasteiger partial charge in [0, 0.05) is 18.8 Å². The van der Waals surface area contributed by atoms with Crippen molar-refractivity contribution in [3.05, 3.63) is 29.0 Å². The van der Waals surface area contributed by atoms with E-state index in [-0.39, 0.29) is 5.02 Å². The van der Waals surface area contributed by atoms with Crippen LogP contribution in [-0.4, -0.2) is 13.1 Å². The first kappa shape index (κ1) is 9.29. The zero-order valence-electron chi connectivity index (χ0n) is 6.48. The average molecular weight is 189 g/mol. The number of nitrogens with two attached hydrogens (primary N) is 1. The van der Waals surface area contributed by atoms with Crippen LogP contribution in [0.25, 0.3) is 0 Å². The molecule has 0 spiro atoms. The molecule has 0 saturated carbocycles. The Bertz CT molecular complexity index is 265. The fourth-order valence-electron chi connectivity index (χ4n) is 0.823. The van der Waals surface area contributed by atoms with Gasteiger partial charge in [-0.05, 0) is 18.2 Å². The Morgan fingerprint density at radius 2 is 2.25 bits per heavy atom. The number of anilines is 1. The van der Waals surface area contributed by atoms with E-state index in [9.17, 15) is 4.39 Å². The maximum Gasteiger partial charge on any atom is 0.141 e. The molecular weight excluding hydrogens is 179 g/mol. The van der Waals surface area contributed by atoms with Crippen LogP contribution < -0.4 is 11.1 Å². The van der Waals surface area contributed by atoms with E-state index in [1.807, 2.05) is 0 Å². The zero-order chi connectivity index (χ0) is 8.97. The molecule has 0 aliphatic rings. The van der Waals surface area contributed by atoms with Gasteiger partial charge < -0.3 is 11.1 Å². The molecule has 0 fully saturated rings. The molecule has 0 saturated heterocycles. The Morgan fingerprint density at radius 1 is 1.50 bits per heavy atom. The van der Waals surface area contributed by atoms with Gasteiger partial charge in [0.1, 0.15) is 5.82 Å². The highest BCUT2D eigenvalue weighted by Gasteiger charge is 1.98. The van der Waals surface area contributed by atoms with Gasteiger partial charge in [0.25, 0.3) is 0 Å². The molecule has 1 aromatic carbocycles. The van der Waals surface area contributed by atoms with Crippen LogP contribution in [0.1, 0.15) is 0 Å². The van der Waals surface area contributed by atoms with Gasteiger partial charge in [0.15, 0.2) is 0 Å². The minimum Gasteiger partial charge on any atom is -0.384 e. The number of benzene rings is 1. The van der Waals surface area contributed by atoms with Gasteiger partial charge in [-0.25, -0.2) is 4.39 Å². The van der Waals surface area contributed by atoms with Crippen LogP contribution in [0, 0.1) is 5.82 Å². The summed E-state index contributed by atoms with van der Waals surface area (Å²) in [4.78, 5) is 0. The third-order valence-electron chi connectivity index (χ3n) is 1.39. The Morgan fingerprint density at radius 3 is 2.83 bits per heavy atom. The summed E-state index contributed by atoms with van der Waals surface area (Å²) in [7, 11) is 0. The lowest BCUT2D eigenvalue weighted by Gasteiger charge is -2.04. The number of hydrogen-bond acceptors (Lipinski definition) is 2. The second kappa shape index (κ2) is 4.28. The summed E-state index contributed by atoms with van der Waals surface area (Å²) in [5, 5.41) is 3.11. The topological polar surface area (TPSA) is 38.0 Å². The number of nitrogens with one attached hydrogen (secondary N) is 1. The molecule has 1 aromatic rings. The van der Waals surface area contributed by atoms with Crippen molar-refractivity contribution in [2.75, 3.05) is 18.4 Å². The number of halogens is 2. The highest BCUT2D eigenvalue weighted by molar-refractivity contribution is 6.31. The highest BCUT2D eigenvalue weighted by Crippen LogP contribution is 2.18. The molecule has 0 aromatic heterocycles. The standard InChI is InChI=1S/C8H10ClFN2/c9-7-5-6(12-4-3-11)1-2-8(7)10/h1-2,5,12H,3-4,11H2. The number of hydrogen-bond donors (Lipinski definition) is 2. The van der Waals surface area contributed by atoms with Crippen LogP contribution in [0.5, 0.6) is 0 Å². The van der Waals surface area contributed by atoms with Crippen molar-refractivity contribution in [2.24, 2.45) is 5.73 Å². The summed E-state index contributed by atoms with van der Waals surface area (Å²) in [6, 6.07) is 4.48. The minimum absolute atomic E-state index is 0.122. The van der Waals surface area contributed by atoms with Gasteiger partial charge in [-0.15, -0.1) is 0 Å². The summed E-state index contributed by atoms with van der Waals surface area (Å²) < 4.78 is 12.6. The second-order valence-electron chi connectivity index (χ2n) is 2.34. The van der Waals surface area contributed by atoms with Gasteiger partial charge in [0.05, 0.1) is 5.02 Å². The van der Waals surface area contributed by atoms with E-state index in [0.29, 0.717) is 13.1 Å². The molecule has 0 radical (unpaired) electrons. The summed E-state index contributed by atoms with van der Waals surface area (Å²) in [5.74, 6) is -0.407. The van der Waals surface area contributed by atoms with E-state index in [1.165, 1.54) is 12.1 Å². The van der Waals surface area contributed by atoms with E-state index in [0.717, 1.165) is 5.69 Å². The molecule has 0 bridgehead atoms. The molecule has 0 atom stereocenters. The van der Waals surface area contributed by atoms with Crippen LogP contribution in [0.3, 0.4) is 0 Å². The first-order valence-corrected chi connectivity index (χ1v) is 4.01. The van der Waals surface area contributed by atoms with E-state index in [4.69, 9.17) is 17.3 Å². The summed E-state index contributed by atoms with van der Waals surface area (Å²) in [6.07, 6.45) is 0. The van der Waals surface area contributed by atoms with Crippen molar-refractivity contribution in [2.45, 2.75) is 0 Å². The first-order chi connectivity index (χ1) is 5.74. The van der Waals surface area contributed by atoms with Gasteiger partial charge >= 0.3 is 0 Å². The summed E-state index contributed by atoms with van der Waals surface area (Å²) >= 11 is 5.55. The Balaban J connectivity index is 2.69. The molecule has 3 N–H and O–H groups in total. The van der Waals surface area contributed by atoms with E-state index < -0.39 is 5.82 Å². The second-order valence-corrected chi connectivity index (χ2v) is 2.75. The van der Waals surface area contributed by atoms with Crippen molar-refractivity contribution >= 4 is 17.3 Å². The highest BCUT2D eigenvalue weighted by atomic mass is 35.5. The predicted molar refractivity (Wildman–Crippen MR) is 49.0 cm³/mol. The minimum atomic E-state index is -0.407. The molecule has 0 unspecified atom stereocenters. The molecule has 66 valence electrons. The lowest BCUT2D eigenvalue weighted by molar-refractivity contribution is 0.628. The summed E-state index contributed by atoms with van der Waals surface area (Å²) in [5.41, 5.74) is 6.06. The molecule has 12 heavy (non-hydrogen) atoms. The SMILES string of the molecule is NCCNc1ccc(F)c(Cl)c1. The van der Waals surface area contributed by atoms with Crippen LogP contribution in [0.15, 0.2) is 18.2 Å². The zero-order valence-corrected chi connectivity index (χ0v) is 7.24. The molecular formula is C8H10ClFN2. The van der Waals surface area contributed by atoms with E-state index in [1.54, 1.807) is 6.07 Å². The fraction of sp³-hybridized carbons (Fsp3) is 0.250. The van der Waals surface area contributed by atoms with E-state index >= 15 is 0 Å². The van der Waals surface area contributed by atoms with Crippen LogP contribution >= 0.6 is 11.6 Å². The van der Waals surface area contributed by atoms with Gasteiger partial charge in [-0.2, -0.15) is 0 Å². The lowest BCUT2D eigenvalue weighted by atomic mass is 10.3. The van der Waals surface area contributed by atoms with Gasteiger partial charge in [-0.3, -0.25) is 0 Å². The third-order valence-corrected chi connectivity index (χ3v) is 1.68. The van der Waals surface area contributed by atoms with Crippen molar-refractivity contribution in [1.29, 1.82) is 0 Å². The van der Waals surface area contributed by atoms with Crippen molar-refractivity contribution in [1.82, 2.24) is 0 Å². The van der Waals surface area contributed by atoms with Gasteiger partial charge in [-0.1, -0.05) is 11.6 Å². The lowest BCUT2D eigenvalue weighted by Crippen LogP contribution is -2.12.